The summed E-state index contributed by atoms with van der Waals surface area (Å²) in [5, 5.41) is 4.14. The zero-order valence-electron chi connectivity index (χ0n) is 11.5. The van der Waals surface area contributed by atoms with Crippen LogP contribution in [0.4, 0.5) is 10.7 Å². The molecule has 2 heterocycles. The van der Waals surface area contributed by atoms with Crippen LogP contribution < -0.4 is 16.0 Å². The molecule has 0 bridgehead atoms. The van der Waals surface area contributed by atoms with Crippen molar-refractivity contribution in [2.75, 3.05) is 23.7 Å². The molecule has 2 fully saturated rings. The Kier molecular flexibility index (Phi) is 3.17. The molecule has 2 aliphatic rings. The Morgan fingerprint density at radius 2 is 2.00 bits per heavy atom. The molecule has 1 aliphatic heterocycles. The molecule has 1 aromatic heterocycles. The molecule has 3 N–H and O–H groups in total. The number of thiophene rings is 1. The van der Waals surface area contributed by atoms with E-state index in [1.807, 2.05) is 6.07 Å². The Morgan fingerprint density at radius 1 is 1.37 bits per heavy atom. The first-order valence-corrected chi connectivity index (χ1v) is 7.81. The van der Waals surface area contributed by atoms with Gasteiger partial charge in [0.2, 0.25) is 0 Å². The van der Waals surface area contributed by atoms with Gasteiger partial charge in [0.05, 0.1) is 10.7 Å². The van der Waals surface area contributed by atoms with Crippen LogP contribution in [0.15, 0.2) is 6.07 Å². The van der Waals surface area contributed by atoms with Gasteiger partial charge in [0, 0.05) is 19.1 Å². The molecule has 3 rings (SSSR count). The van der Waals surface area contributed by atoms with E-state index in [0.29, 0.717) is 28.4 Å². The number of rotatable bonds is 3. The van der Waals surface area contributed by atoms with Gasteiger partial charge in [-0.1, -0.05) is 13.8 Å². The van der Waals surface area contributed by atoms with Crippen LogP contribution in [-0.2, 0) is 0 Å². The number of nitrogens with zero attached hydrogens (tertiary/aromatic N) is 1. The molecule has 2 atom stereocenters. The third-order valence-corrected chi connectivity index (χ3v) is 5.38. The van der Waals surface area contributed by atoms with Crippen molar-refractivity contribution in [1.82, 2.24) is 5.32 Å². The topological polar surface area (TPSA) is 58.4 Å². The summed E-state index contributed by atoms with van der Waals surface area (Å²) in [6.45, 7) is 6.68. The van der Waals surface area contributed by atoms with Crippen LogP contribution in [-0.4, -0.2) is 25.0 Å². The molecule has 1 saturated carbocycles. The van der Waals surface area contributed by atoms with Gasteiger partial charge < -0.3 is 16.0 Å². The minimum atomic E-state index is -0.00320. The lowest BCUT2D eigenvalue weighted by molar-refractivity contribution is 0.0956. The number of amides is 1. The van der Waals surface area contributed by atoms with E-state index in [2.05, 4.69) is 24.1 Å². The van der Waals surface area contributed by atoms with E-state index in [1.165, 1.54) is 11.3 Å². The van der Waals surface area contributed by atoms with E-state index < -0.39 is 0 Å². The zero-order valence-corrected chi connectivity index (χ0v) is 12.3. The van der Waals surface area contributed by atoms with E-state index in [1.54, 1.807) is 0 Å². The fourth-order valence-electron chi connectivity index (χ4n) is 2.51. The summed E-state index contributed by atoms with van der Waals surface area (Å²) in [6, 6.07) is 2.33. The van der Waals surface area contributed by atoms with E-state index in [4.69, 9.17) is 5.73 Å². The summed E-state index contributed by atoms with van der Waals surface area (Å²) < 4.78 is 0. The first-order valence-electron chi connectivity index (χ1n) is 6.99. The van der Waals surface area contributed by atoms with Crippen LogP contribution >= 0.6 is 11.3 Å². The fraction of sp³-hybridized carbons (Fsp3) is 0.643. The standard InChI is InChI=1S/C14H21N3OS/c1-8-6-17(7-9(8)2)12-5-11(15)13(19-12)14(18)16-10-3-4-10/h5,8-10H,3-4,6-7,15H2,1-2H3,(H,16,18). The molecule has 0 aromatic carbocycles. The van der Waals surface area contributed by atoms with Crippen LogP contribution in [0, 0.1) is 11.8 Å². The average Bonchev–Trinajstić information content (AvgIpc) is 2.98. The summed E-state index contributed by atoms with van der Waals surface area (Å²) in [7, 11) is 0. The minimum Gasteiger partial charge on any atom is -0.397 e. The molecule has 0 spiro atoms. The molecule has 0 radical (unpaired) electrons. The molecule has 19 heavy (non-hydrogen) atoms. The maximum atomic E-state index is 12.1. The predicted octanol–water partition coefficient (Wildman–Crippen LogP) is 2.31. The zero-order chi connectivity index (χ0) is 13.6. The summed E-state index contributed by atoms with van der Waals surface area (Å²) in [4.78, 5) is 15.1. The highest BCUT2D eigenvalue weighted by Crippen LogP contribution is 2.36. The van der Waals surface area contributed by atoms with Crippen LogP contribution in [0.5, 0.6) is 0 Å². The summed E-state index contributed by atoms with van der Waals surface area (Å²) in [5.41, 5.74) is 6.61. The summed E-state index contributed by atoms with van der Waals surface area (Å²) in [6.07, 6.45) is 2.20. The van der Waals surface area contributed by atoms with E-state index in [0.717, 1.165) is 30.9 Å². The predicted molar refractivity (Wildman–Crippen MR) is 79.8 cm³/mol. The lowest BCUT2D eigenvalue weighted by Gasteiger charge is -2.15. The second kappa shape index (κ2) is 4.71. The molecule has 5 heteroatoms. The smallest absolute Gasteiger partial charge is 0.263 e. The van der Waals surface area contributed by atoms with Gasteiger partial charge in [0.1, 0.15) is 4.88 Å². The van der Waals surface area contributed by atoms with Gasteiger partial charge in [-0.05, 0) is 30.7 Å². The number of hydrogen-bond acceptors (Lipinski definition) is 4. The maximum absolute atomic E-state index is 12.1. The maximum Gasteiger partial charge on any atom is 0.263 e. The molecule has 1 aliphatic carbocycles. The van der Waals surface area contributed by atoms with Gasteiger partial charge in [-0.25, -0.2) is 0 Å². The first-order chi connectivity index (χ1) is 9.04. The van der Waals surface area contributed by atoms with Crippen LogP contribution in [0.2, 0.25) is 0 Å². The van der Waals surface area contributed by atoms with Crippen molar-refractivity contribution in [2.45, 2.75) is 32.7 Å². The second-order valence-electron chi connectivity index (χ2n) is 5.98. The summed E-state index contributed by atoms with van der Waals surface area (Å²) in [5.74, 6) is 1.40. The van der Waals surface area contributed by atoms with Gasteiger partial charge in [-0.3, -0.25) is 4.79 Å². The van der Waals surface area contributed by atoms with Gasteiger partial charge in [-0.15, -0.1) is 11.3 Å². The lowest BCUT2D eigenvalue weighted by Crippen LogP contribution is -2.25. The number of anilines is 2. The molecule has 1 aromatic rings. The van der Waals surface area contributed by atoms with Crippen molar-refractivity contribution < 1.29 is 4.79 Å². The van der Waals surface area contributed by atoms with Crippen LogP contribution in [0.1, 0.15) is 36.4 Å². The second-order valence-corrected chi connectivity index (χ2v) is 7.01. The molecule has 1 saturated heterocycles. The monoisotopic (exact) mass is 279 g/mol. The Morgan fingerprint density at radius 3 is 2.58 bits per heavy atom. The molecule has 2 unspecified atom stereocenters. The lowest BCUT2D eigenvalue weighted by atomic mass is 10.0. The van der Waals surface area contributed by atoms with Crippen molar-refractivity contribution >= 4 is 27.9 Å². The number of nitrogens with one attached hydrogen (secondary N) is 1. The number of nitrogen functional groups attached to an aromatic ring is 1. The average molecular weight is 279 g/mol. The van der Waals surface area contributed by atoms with Crippen molar-refractivity contribution in [3.8, 4) is 0 Å². The largest absolute Gasteiger partial charge is 0.397 e. The molecule has 1 amide bonds. The van der Waals surface area contributed by atoms with E-state index in [-0.39, 0.29) is 5.91 Å². The Balaban J connectivity index is 1.75. The Bertz CT molecular complexity index is 485. The van der Waals surface area contributed by atoms with Crippen molar-refractivity contribution in [2.24, 2.45) is 11.8 Å². The van der Waals surface area contributed by atoms with Gasteiger partial charge in [0.15, 0.2) is 0 Å². The van der Waals surface area contributed by atoms with Crippen LogP contribution in [0.3, 0.4) is 0 Å². The molecular weight excluding hydrogens is 258 g/mol. The summed E-state index contributed by atoms with van der Waals surface area (Å²) >= 11 is 1.53. The minimum absolute atomic E-state index is 0.00320. The van der Waals surface area contributed by atoms with Gasteiger partial charge >= 0.3 is 0 Å². The molecule has 4 nitrogen and oxygen atoms in total. The van der Waals surface area contributed by atoms with E-state index in [9.17, 15) is 4.79 Å². The number of carbonyl (C=O) groups is 1. The van der Waals surface area contributed by atoms with Crippen molar-refractivity contribution in [3.63, 3.8) is 0 Å². The van der Waals surface area contributed by atoms with Crippen molar-refractivity contribution in [1.29, 1.82) is 0 Å². The Hall–Kier alpha value is -1.23. The molecular formula is C14H21N3OS. The van der Waals surface area contributed by atoms with Crippen LogP contribution in [0.25, 0.3) is 0 Å². The van der Waals surface area contributed by atoms with Gasteiger partial charge in [0.25, 0.3) is 5.91 Å². The first kappa shape index (κ1) is 12.8. The number of hydrogen-bond donors (Lipinski definition) is 2. The SMILES string of the molecule is CC1CN(c2cc(N)c(C(=O)NC3CC3)s2)CC1C. The normalized spacial score (nSPS) is 26.7. The fourth-order valence-corrected chi connectivity index (χ4v) is 3.51. The Labute approximate surface area is 118 Å². The number of carbonyl (C=O) groups excluding carboxylic acids is 1. The quantitative estimate of drug-likeness (QED) is 0.892. The molecule has 104 valence electrons. The van der Waals surface area contributed by atoms with E-state index >= 15 is 0 Å². The highest BCUT2D eigenvalue weighted by atomic mass is 32.1. The van der Waals surface area contributed by atoms with Gasteiger partial charge in [-0.2, -0.15) is 0 Å². The third kappa shape index (κ3) is 2.56. The number of nitrogens with two attached hydrogens (primary N) is 1. The van der Waals surface area contributed by atoms with Crippen molar-refractivity contribution in [3.05, 3.63) is 10.9 Å². The third-order valence-electron chi connectivity index (χ3n) is 4.17. The highest BCUT2D eigenvalue weighted by Gasteiger charge is 2.29. The highest BCUT2D eigenvalue weighted by molar-refractivity contribution is 7.18.